The Morgan fingerprint density at radius 1 is 1.44 bits per heavy atom. The monoisotopic (exact) mass is 318 g/mol. The first-order chi connectivity index (χ1) is 8.56. The first-order valence-corrected chi connectivity index (χ1v) is 6.55. The maximum atomic E-state index is 12.9. The molecule has 1 aromatic carbocycles. The molecule has 98 valence electrons. The highest BCUT2D eigenvalue weighted by molar-refractivity contribution is 9.09. The number of aliphatic carboxylic acids is 1. The molecule has 0 fully saturated rings. The second kappa shape index (κ2) is 7.26. The fourth-order valence-electron chi connectivity index (χ4n) is 1.68. The fourth-order valence-corrected chi connectivity index (χ4v) is 1.96. The second-order valence-electron chi connectivity index (χ2n) is 3.68. The summed E-state index contributed by atoms with van der Waals surface area (Å²) in [5, 5.41) is 9.29. The molecule has 1 aromatic rings. The lowest BCUT2D eigenvalue weighted by molar-refractivity contribution is -0.131. The number of hydrogen-bond acceptors (Lipinski definition) is 1. The van der Waals surface area contributed by atoms with Gasteiger partial charge in [0.05, 0.1) is 0 Å². The van der Waals surface area contributed by atoms with Gasteiger partial charge in [-0.15, -0.1) is 0 Å². The van der Waals surface area contributed by atoms with Crippen LogP contribution >= 0.6 is 15.9 Å². The van der Waals surface area contributed by atoms with Crippen molar-refractivity contribution in [2.45, 2.75) is 19.3 Å². The van der Waals surface area contributed by atoms with Crippen molar-refractivity contribution in [2.24, 2.45) is 0 Å². The highest BCUT2D eigenvalue weighted by atomic mass is 79.9. The quantitative estimate of drug-likeness (QED) is 0.634. The number of carboxylic acid groups (broad SMARTS) is 1. The standard InChI is InChI=1S/C13H13BrF2O2/c14-8-2-5-10-9(6-7-12(17)18)3-1-4-11(10)13(15)16/h1,3-4,6-7,13H,2,5,8H2,(H,17,18)/b7-6+. The van der Waals surface area contributed by atoms with E-state index in [0.29, 0.717) is 22.9 Å². The van der Waals surface area contributed by atoms with Gasteiger partial charge < -0.3 is 5.11 Å². The largest absolute Gasteiger partial charge is 0.478 e. The number of carboxylic acids is 1. The van der Waals surface area contributed by atoms with Gasteiger partial charge in [0.2, 0.25) is 0 Å². The molecule has 0 saturated heterocycles. The zero-order valence-electron chi connectivity index (χ0n) is 9.57. The van der Waals surface area contributed by atoms with Gasteiger partial charge >= 0.3 is 5.97 Å². The molecule has 5 heteroatoms. The van der Waals surface area contributed by atoms with Crippen molar-refractivity contribution < 1.29 is 18.7 Å². The molecule has 2 nitrogen and oxygen atoms in total. The third-order valence-electron chi connectivity index (χ3n) is 2.45. The van der Waals surface area contributed by atoms with E-state index in [-0.39, 0.29) is 5.56 Å². The van der Waals surface area contributed by atoms with Gasteiger partial charge in [-0.05, 0) is 30.0 Å². The molecule has 0 atom stereocenters. The summed E-state index contributed by atoms with van der Waals surface area (Å²) in [6.07, 6.45) is 0.983. The van der Waals surface area contributed by atoms with Crippen molar-refractivity contribution in [2.75, 3.05) is 5.33 Å². The summed E-state index contributed by atoms with van der Waals surface area (Å²) in [7, 11) is 0. The van der Waals surface area contributed by atoms with Crippen LogP contribution < -0.4 is 0 Å². The fraction of sp³-hybridized carbons (Fsp3) is 0.308. The van der Waals surface area contributed by atoms with Crippen LogP contribution in [0.2, 0.25) is 0 Å². The molecule has 1 rings (SSSR count). The van der Waals surface area contributed by atoms with Gasteiger partial charge in [-0.3, -0.25) is 0 Å². The van der Waals surface area contributed by atoms with Crippen LogP contribution in [-0.4, -0.2) is 16.4 Å². The Labute approximate surface area is 112 Å². The number of benzene rings is 1. The molecular weight excluding hydrogens is 306 g/mol. The zero-order valence-corrected chi connectivity index (χ0v) is 11.2. The topological polar surface area (TPSA) is 37.3 Å². The Kier molecular flexibility index (Phi) is 5.98. The summed E-state index contributed by atoms with van der Waals surface area (Å²) in [5.74, 6) is -1.09. The Morgan fingerprint density at radius 3 is 2.72 bits per heavy atom. The predicted octanol–water partition coefficient (Wildman–Crippen LogP) is 4.05. The molecule has 0 aliphatic heterocycles. The van der Waals surface area contributed by atoms with Crippen LogP contribution in [0, 0.1) is 0 Å². The zero-order chi connectivity index (χ0) is 13.5. The summed E-state index contributed by atoms with van der Waals surface area (Å²) in [6.45, 7) is 0. The highest BCUT2D eigenvalue weighted by Crippen LogP contribution is 2.27. The molecule has 18 heavy (non-hydrogen) atoms. The first kappa shape index (κ1) is 14.8. The molecule has 1 N–H and O–H groups in total. The van der Waals surface area contributed by atoms with E-state index in [2.05, 4.69) is 15.9 Å². The average molecular weight is 319 g/mol. The second-order valence-corrected chi connectivity index (χ2v) is 4.47. The molecule has 0 spiro atoms. The predicted molar refractivity (Wildman–Crippen MR) is 70.2 cm³/mol. The van der Waals surface area contributed by atoms with E-state index in [1.54, 1.807) is 6.07 Å². The van der Waals surface area contributed by atoms with Crippen LogP contribution in [0.3, 0.4) is 0 Å². The van der Waals surface area contributed by atoms with Gasteiger partial charge in [0, 0.05) is 17.0 Å². The lowest BCUT2D eigenvalue weighted by Crippen LogP contribution is -1.99. The van der Waals surface area contributed by atoms with Crippen LogP contribution in [0.1, 0.15) is 29.5 Å². The minimum Gasteiger partial charge on any atom is -0.478 e. The van der Waals surface area contributed by atoms with E-state index < -0.39 is 12.4 Å². The van der Waals surface area contributed by atoms with Crippen molar-refractivity contribution in [3.8, 4) is 0 Å². The van der Waals surface area contributed by atoms with E-state index in [1.165, 1.54) is 18.2 Å². The summed E-state index contributed by atoms with van der Waals surface area (Å²) >= 11 is 3.26. The van der Waals surface area contributed by atoms with Crippen molar-refractivity contribution in [1.82, 2.24) is 0 Å². The third kappa shape index (κ3) is 4.22. The van der Waals surface area contributed by atoms with Crippen LogP contribution in [0.5, 0.6) is 0 Å². The van der Waals surface area contributed by atoms with E-state index >= 15 is 0 Å². The van der Waals surface area contributed by atoms with Crippen molar-refractivity contribution in [3.63, 3.8) is 0 Å². The molecule has 0 aromatic heterocycles. The Bertz CT molecular complexity index is 445. The number of carbonyl (C=O) groups is 1. The molecule has 0 heterocycles. The summed E-state index contributed by atoms with van der Waals surface area (Å²) < 4.78 is 25.8. The normalized spacial score (nSPS) is 11.3. The van der Waals surface area contributed by atoms with Crippen molar-refractivity contribution in [3.05, 3.63) is 41.0 Å². The summed E-state index contributed by atoms with van der Waals surface area (Å²) in [6, 6.07) is 4.54. The molecule has 0 radical (unpaired) electrons. The van der Waals surface area contributed by atoms with E-state index in [4.69, 9.17) is 5.11 Å². The Balaban J connectivity index is 3.14. The van der Waals surface area contributed by atoms with Crippen LogP contribution in [0.4, 0.5) is 8.78 Å². The number of hydrogen-bond donors (Lipinski definition) is 1. The molecule has 0 aliphatic rings. The van der Waals surface area contributed by atoms with Crippen LogP contribution in [0.15, 0.2) is 24.3 Å². The molecule has 0 bridgehead atoms. The van der Waals surface area contributed by atoms with Crippen LogP contribution in [0.25, 0.3) is 6.08 Å². The summed E-state index contributed by atoms with van der Waals surface area (Å²) in [5.41, 5.74) is 1.03. The molecule has 0 unspecified atom stereocenters. The Hall–Kier alpha value is -1.23. The molecule has 0 amide bonds. The van der Waals surface area contributed by atoms with E-state index in [1.807, 2.05) is 0 Å². The minimum atomic E-state index is -2.55. The third-order valence-corrected chi connectivity index (χ3v) is 3.01. The van der Waals surface area contributed by atoms with Gasteiger partial charge in [0.15, 0.2) is 0 Å². The number of alkyl halides is 3. The smallest absolute Gasteiger partial charge is 0.328 e. The average Bonchev–Trinajstić information content (AvgIpc) is 2.33. The maximum Gasteiger partial charge on any atom is 0.328 e. The Morgan fingerprint density at radius 2 is 2.17 bits per heavy atom. The van der Waals surface area contributed by atoms with Gasteiger partial charge in [0.25, 0.3) is 6.43 Å². The lowest BCUT2D eigenvalue weighted by atomic mass is 9.97. The molecular formula is C13H13BrF2O2. The van der Waals surface area contributed by atoms with Gasteiger partial charge in [0.1, 0.15) is 0 Å². The van der Waals surface area contributed by atoms with E-state index in [0.717, 1.165) is 12.5 Å². The maximum absolute atomic E-state index is 12.9. The highest BCUT2D eigenvalue weighted by Gasteiger charge is 2.14. The van der Waals surface area contributed by atoms with Crippen LogP contribution in [-0.2, 0) is 11.2 Å². The lowest BCUT2D eigenvalue weighted by Gasteiger charge is -2.11. The summed E-state index contributed by atoms with van der Waals surface area (Å²) in [4.78, 5) is 10.5. The van der Waals surface area contributed by atoms with Gasteiger partial charge in [-0.25, -0.2) is 13.6 Å². The van der Waals surface area contributed by atoms with Crippen molar-refractivity contribution >= 4 is 28.0 Å². The van der Waals surface area contributed by atoms with Crippen molar-refractivity contribution in [1.29, 1.82) is 0 Å². The van der Waals surface area contributed by atoms with Gasteiger partial charge in [-0.1, -0.05) is 34.1 Å². The number of rotatable bonds is 6. The molecule has 0 saturated carbocycles. The first-order valence-electron chi connectivity index (χ1n) is 5.43. The minimum absolute atomic E-state index is 0.0245. The van der Waals surface area contributed by atoms with Gasteiger partial charge in [-0.2, -0.15) is 0 Å². The molecule has 0 aliphatic carbocycles. The SMILES string of the molecule is O=C(O)/C=C/c1cccc(C(F)F)c1CCCBr. The number of halogens is 3. The van der Waals surface area contributed by atoms with E-state index in [9.17, 15) is 13.6 Å².